The molecular weight excluding hydrogens is 302 g/mol. The number of nitrogens with one attached hydrogen (secondary N) is 2. The third-order valence-corrected chi connectivity index (χ3v) is 3.75. The van der Waals surface area contributed by atoms with Crippen molar-refractivity contribution >= 4 is 0 Å². The largest absolute Gasteiger partial charge is 0.375 e. The van der Waals surface area contributed by atoms with E-state index in [2.05, 4.69) is 59.1 Å². The summed E-state index contributed by atoms with van der Waals surface area (Å²) in [6.45, 7) is 22.0. The highest BCUT2D eigenvalue weighted by Crippen LogP contribution is 2.19. The van der Waals surface area contributed by atoms with Crippen LogP contribution in [-0.4, -0.2) is 48.7 Å². The molecule has 0 saturated heterocycles. The third-order valence-electron chi connectivity index (χ3n) is 3.75. The lowest BCUT2D eigenvalue weighted by molar-refractivity contribution is -0.0739. The molecule has 5 heteroatoms. The molecule has 0 aliphatic rings. The van der Waals surface area contributed by atoms with Gasteiger partial charge in [0.2, 0.25) is 0 Å². The van der Waals surface area contributed by atoms with E-state index in [1.807, 2.05) is 13.8 Å². The maximum absolute atomic E-state index is 6.09. The average molecular weight is 346 g/mol. The van der Waals surface area contributed by atoms with Crippen molar-refractivity contribution in [3.05, 3.63) is 0 Å². The average Bonchev–Trinajstić information content (AvgIpc) is 2.31. The molecule has 0 unspecified atom stereocenters. The van der Waals surface area contributed by atoms with Crippen molar-refractivity contribution in [1.29, 1.82) is 0 Å². The Hall–Kier alpha value is -0.200. The van der Waals surface area contributed by atoms with E-state index in [0.717, 1.165) is 25.9 Å². The van der Waals surface area contributed by atoms with Crippen molar-refractivity contribution < 1.29 is 9.47 Å². The van der Waals surface area contributed by atoms with Crippen LogP contribution < -0.4 is 16.4 Å². The number of hydrogen-bond donors (Lipinski definition) is 3. The molecule has 0 rings (SSSR count). The topological polar surface area (TPSA) is 68.5 Å². The van der Waals surface area contributed by atoms with Gasteiger partial charge in [-0.1, -0.05) is 0 Å². The molecule has 0 atom stereocenters. The second kappa shape index (κ2) is 9.48. The summed E-state index contributed by atoms with van der Waals surface area (Å²) in [6, 6.07) is 0. The lowest BCUT2D eigenvalue weighted by atomic mass is 10.0. The smallest absolute Gasteiger partial charge is 0.0649 e. The van der Waals surface area contributed by atoms with E-state index in [-0.39, 0.29) is 22.4 Å². The highest BCUT2D eigenvalue weighted by atomic mass is 16.5. The molecule has 0 radical (unpaired) electrons. The number of rotatable bonds is 12. The van der Waals surface area contributed by atoms with E-state index in [1.54, 1.807) is 0 Å². The lowest BCUT2D eigenvalue weighted by Crippen LogP contribution is -2.49. The molecule has 0 aromatic carbocycles. The van der Waals surface area contributed by atoms with Crippen LogP contribution >= 0.6 is 0 Å². The first-order chi connectivity index (χ1) is 10.6. The molecule has 0 aromatic rings. The fourth-order valence-corrected chi connectivity index (χ4v) is 2.16. The van der Waals surface area contributed by atoms with Gasteiger partial charge >= 0.3 is 0 Å². The van der Waals surface area contributed by atoms with Crippen LogP contribution in [0.1, 0.15) is 75.2 Å². The Labute approximate surface area is 150 Å². The zero-order chi connectivity index (χ0) is 19.1. The normalized spacial score (nSPS) is 14.2. The van der Waals surface area contributed by atoms with E-state index in [0.29, 0.717) is 13.2 Å². The Morgan fingerprint density at radius 2 is 1.17 bits per heavy atom. The van der Waals surface area contributed by atoms with Crippen LogP contribution in [0.5, 0.6) is 0 Å². The molecule has 0 bridgehead atoms. The van der Waals surface area contributed by atoms with Crippen LogP contribution in [0.3, 0.4) is 0 Å². The molecule has 0 fully saturated rings. The van der Waals surface area contributed by atoms with Crippen molar-refractivity contribution in [1.82, 2.24) is 10.6 Å². The van der Waals surface area contributed by atoms with E-state index < -0.39 is 0 Å². The first-order valence-electron chi connectivity index (χ1n) is 9.19. The molecule has 0 spiro atoms. The summed E-state index contributed by atoms with van der Waals surface area (Å²) in [5, 5.41) is 6.73. The van der Waals surface area contributed by atoms with Gasteiger partial charge in [0, 0.05) is 12.1 Å². The summed E-state index contributed by atoms with van der Waals surface area (Å²) < 4.78 is 12.0. The SMILES string of the molecule is CC(C)(C)NCCC(C)(C)OCCC(C)(C)OCCNC(C)(C)N. The van der Waals surface area contributed by atoms with Crippen molar-refractivity contribution in [3.63, 3.8) is 0 Å². The zero-order valence-corrected chi connectivity index (χ0v) is 17.6. The Balaban J connectivity index is 3.96. The van der Waals surface area contributed by atoms with Gasteiger partial charge in [0.05, 0.1) is 30.1 Å². The summed E-state index contributed by atoms with van der Waals surface area (Å²) >= 11 is 0. The number of nitrogens with two attached hydrogens (primary N) is 1. The van der Waals surface area contributed by atoms with Gasteiger partial charge in [0.15, 0.2) is 0 Å². The van der Waals surface area contributed by atoms with Crippen LogP contribution in [0.15, 0.2) is 0 Å². The van der Waals surface area contributed by atoms with Gasteiger partial charge in [-0.3, -0.25) is 5.32 Å². The molecule has 0 saturated carbocycles. The molecule has 146 valence electrons. The summed E-state index contributed by atoms with van der Waals surface area (Å²) in [5.74, 6) is 0. The quantitative estimate of drug-likeness (QED) is 0.375. The monoisotopic (exact) mass is 345 g/mol. The fourth-order valence-electron chi connectivity index (χ4n) is 2.16. The highest BCUT2D eigenvalue weighted by molar-refractivity contribution is 4.77. The fraction of sp³-hybridized carbons (Fsp3) is 1.00. The second-order valence-corrected chi connectivity index (χ2v) is 9.54. The van der Waals surface area contributed by atoms with Gasteiger partial charge in [0.1, 0.15) is 0 Å². The predicted octanol–water partition coefficient (Wildman–Crippen LogP) is 3.03. The van der Waals surface area contributed by atoms with Gasteiger partial charge < -0.3 is 20.5 Å². The first-order valence-corrected chi connectivity index (χ1v) is 9.19. The summed E-state index contributed by atoms with van der Waals surface area (Å²) in [6.07, 6.45) is 1.86. The standard InChI is InChI=1S/C19H43N3O2/c1-16(2,3)21-12-10-17(4,5)23-14-11-18(6,7)24-15-13-22-19(8,9)20/h21-22H,10-15,20H2,1-9H3. The molecule has 24 heavy (non-hydrogen) atoms. The first kappa shape index (κ1) is 23.8. The van der Waals surface area contributed by atoms with Gasteiger partial charge in [-0.05, 0) is 81.7 Å². The second-order valence-electron chi connectivity index (χ2n) is 9.54. The van der Waals surface area contributed by atoms with E-state index >= 15 is 0 Å². The van der Waals surface area contributed by atoms with Crippen LogP contribution in [0.4, 0.5) is 0 Å². The van der Waals surface area contributed by atoms with Crippen LogP contribution in [0.25, 0.3) is 0 Å². The van der Waals surface area contributed by atoms with Crippen molar-refractivity contribution in [2.24, 2.45) is 5.73 Å². The van der Waals surface area contributed by atoms with E-state index in [1.165, 1.54) is 0 Å². The molecule has 0 amide bonds. The van der Waals surface area contributed by atoms with Gasteiger partial charge in [-0.25, -0.2) is 0 Å². The summed E-state index contributed by atoms with van der Waals surface area (Å²) in [4.78, 5) is 0. The van der Waals surface area contributed by atoms with Crippen molar-refractivity contribution in [2.45, 2.75) is 97.6 Å². The van der Waals surface area contributed by atoms with E-state index in [9.17, 15) is 0 Å². The molecule has 4 N–H and O–H groups in total. The lowest BCUT2D eigenvalue weighted by Gasteiger charge is -2.31. The summed E-state index contributed by atoms with van der Waals surface area (Å²) in [7, 11) is 0. The number of hydrogen-bond acceptors (Lipinski definition) is 5. The highest BCUT2D eigenvalue weighted by Gasteiger charge is 2.23. The Kier molecular flexibility index (Phi) is 9.41. The molecule has 0 aliphatic carbocycles. The van der Waals surface area contributed by atoms with Gasteiger partial charge in [0.25, 0.3) is 0 Å². The van der Waals surface area contributed by atoms with Crippen molar-refractivity contribution in [3.8, 4) is 0 Å². The molecule has 0 heterocycles. The van der Waals surface area contributed by atoms with Gasteiger partial charge in [-0.15, -0.1) is 0 Å². The Morgan fingerprint density at radius 1 is 0.667 bits per heavy atom. The van der Waals surface area contributed by atoms with Crippen LogP contribution in [0, 0.1) is 0 Å². The molecule has 0 aliphatic heterocycles. The van der Waals surface area contributed by atoms with Crippen molar-refractivity contribution in [2.75, 3.05) is 26.3 Å². The predicted molar refractivity (Wildman–Crippen MR) is 103 cm³/mol. The molecule has 5 nitrogen and oxygen atoms in total. The Bertz CT molecular complexity index is 342. The zero-order valence-electron chi connectivity index (χ0n) is 17.6. The molecule has 0 aromatic heterocycles. The van der Waals surface area contributed by atoms with E-state index in [4.69, 9.17) is 15.2 Å². The van der Waals surface area contributed by atoms with Gasteiger partial charge in [-0.2, -0.15) is 0 Å². The number of ether oxygens (including phenoxy) is 2. The summed E-state index contributed by atoms with van der Waals surface area (Å²) in [5.41, 5.74) is 5.36. The minimum absolute atomic E-state index is 0.126. The molecular formula is C19H43N3O2. The van der Waals surface area contributed by atoms with Crippen LogP contribution in [0.2, 0.25) is 0 Å². The minimum atomic E-state index is -0.359. The third kappa shape index (κ3) is 15.3. The van der Waals surface area contributed by atoms with Crippen LogP contribution in [-0.2, 0) is 9.47 Å². The maximum atomic E-state index is 6.09. The minimum Gasteiger partial charge on any atom is -0.375 e. The Morgan fingerprint density at radius 3 is 1.67 bits per heavy atom. The maximum Gasteiger partial charge on any atom is 0.0649 e.